The molecule has 0 aromatic heterocycles. The van der Waals surface area contributed by atoms with Crippen molar-refractivity contribution in [1.82, 2.24) is 0 Å². The topological polar surface area (TPSA) is 60.2 Å². The molecule has 0 aliphatic carbocycles. The van der Waals surface area contributed by atoms with Crippen LogP contribution in [0.25, 0.3) is 0 Å². The SMILES string of the molecule is C=CCc1ccc(C=O)cc1[N+](=O)[O-]. The third-order valence-corrected chi connectivity index (χ3v) is 1.81. The van der Waals surface area contributed by atoms with Gasteiger partial charge in [-0.3, -0.25) is 14.9 Å². The van der Waals surface area contributed by atoms with Crippen LogP contribution in [0.15, 0.2) is 30.9 Å². The molecule has 0 aliphatic rings. The molecule has 0 spiro atoms. The van der Waals surface area contributed by atoms with Crippen LogP contribution in [0.1, 0.15) is 15.9 Å². The van der Waals surface area contributed by atoms with Crippen LogP contribution in [-0.2, 0) is 6.42 Å². The molecular formula is C10H9NO3. The van der Waals surface area contributed by atoms with Crippen molar-refractivity contribution in [3.05, 3.63) is 52.1 Å². The number of nitro groups is 1. The number of aldehydes is 1. The molecule has 0 radical (unpaired) electrons. The predicted octanol–water partition coefficient (Wildman–Crippen LogP) is 2.14. The molecule has 1 aromatic carbocycles. The lowest BCUT2D eigenvalue weighted by atomic mass is 10.1. The van der Waals surface area contributed by atoms with Crippen LogP contribution in [0, 0.1) is 10.1 Å². The van der Waals surface area contributed by atoms with E-state index >= 15 is 0 Å². The van der Waals surface area contributed by atoms with Gasteiger partial charge in [-0.15, -0.1) is 6.58 Å². The molecule has 0 heterocycles. The Morgan fingerprint density at radius 1 is 1.50 bits per heavy atom. The fraction of sp³-hybridized carbons (Fsp3) is 0.100. The highest BCUT2D eigenvalue weighted by Gasteiger charge is 2.12. The van der Waals surface area contributed by atoms with E-state index in [9.17, 15) is 14.9 Å². The monoisotopic (exact) mass is 191 g/mol. The second-order valence-corrected chi connectivity index (χ2v) is 2.76. The molecular weight excluding hydrogens is 182 g/mol. The maximum Gasteiger partial charge on any atom is 0.273 e. The molecule has 0 fully saturated rings. The zero-order chi connectivity index (χ0) is 10.6. The van der Waals surface area contributed by atoms with Crippen molar-refractivity contribution in [3.63, 3.8) is 0 Å². The second kappa shape index (κ2) is 4.32. The molecule has 0 unspecified atom stereocenters. The Morgan fingerprint density at radius 3 is 2.71 bits per heavy atom. The first-order chi connectivity index (χ1) is 6.69. The van der Waals surface area contributed by atoms with Crippen molar-refractivity contribution >= 4 is 12.0 Å². The maximum absolute atomic E-state index is 10.6. The van der Waals surface area contributed by atoms with Crippen molar-refractivity contribution in [2.45, 2.75) is 6.42 Å². The smallest absolute Gasteiger partial charge is 0.273 e. The lowest BCUT2D eigenvalue weighted by Crippen LogP contribution is -1.95. The number of nitro benzene ring substituents is 1. The van der Waals surface area contributed by atoms with Crippen LogP contribution in [0.3, 0.4) is 0 Å². The van der Waals surface area contributed by atoms with Crippen molar-refractivity contribution in [1.29, 1.82) is 0 Å². The molecule has 0 atom stereocenters. The number of hydrogen-bond acceptors (Lipinski definition) is 3. The van der Waals surface area contributed by atoms with Crippen molar-refractivity contribution in [3.8, 4) is 0 Å². The van der Waals surface area contributed by atoms with Gasteiger partial charge in [-0.2, -0.15) is 0 Å². The van der Waals surface area contributed by atoms with Crippen LogP contribution in [0.5, 0.6) is 0 Å². The minimum absolute atomic E-state index is 0.0329. The number of rotatable bonds is 4. The van der Waals surface area contributed by atoms with E-state index in [1.807, 2.05) is 0 Å². The van der Waals surface area contributed by atoms with Crippen molar-refractivity contribution < 1.29 is 9.72 Å². The van der Waals surface area contributed by atoms with Gasteiger partial charge in [0.1, 0.15) is 6.29 Å². The van der Waals surface area contributed by atoms with Gasteiger partial charge < -0.3 is 0 Å². The molecule has 4 nitrogen and oxygen atoms in total. The number of carbonyl (C=O) groups excluding carboxylic acids is 1. The first-order valence-corrected chi connectivity index (χ1v) is 4.02. The molecule has 0 aliphatic heterocycles. The summed E-state index contributed by atoms with van der Waals surface area (Å²) in [5, 5.41) is 10.6. The number of hydrogen-bond donors (Lipinski definition) is 0. The summed E-state index contributed by atoms with van der Waals surface area (Å²) in [7, 11) is 0. The molecule has 14 heavy (non-hydrogen) atoms. The summed E-state index contributed by atoms with van der Waals surface area (Å²) in [5.41, 5.74) is 0.842. The Bertz CT molecular complexity index is 385. The molecule has 0 amide bonds. The standard InChI is InChI=1S/C10H9NO3/c1-2-3-9-5-4-8(7-12)6-10(9)11(13)14/h2,4-7H,1,3H2. The lowest BCUT2D eigenvalue weighted by molar-refractivity contribution is -0.385. The Labute approximate surface area is 81.0 Å². The van der Waals surface area contributed by atoms with Gasteiger partial charge in [-0.25, -0.2) is 0 Å². The van der Waals surface area contributed by atoms with Crippen molar-refractivity contribution in [2.24, 2.45) is 0 Å². The van der Waals surface area contributed by atoms with Gasteiger partial charge in [-0.1, -0.05) is 18.2 Å². The van der Waals surface area contributed by atoms with Gasteiger partial charge in [0.2, 0.25) is 0 Å². The molecule has 4 heteroatoms. The summed E-state index contributed by atoms with van der Waals surface area (Å²) >= 11 is 0. The summed E-state index contributed by atoms with van der Waals surface area (Å²) in [6, 6.07) is 4.40. The Morgan fingerprint density at radius 2 is 2.21 bits per heavy atom. The van der Waals surface area contributed by atoms with E-state index in [-0.39, 0.29) is 5.69 Å². The van der Waals surface area contributed by atoms with E-state index in [1.54, 1.807) is 18.2 Å². The summed E-state index contributed by atoms with van der Waals surface area (Å²) in [4.78, 5) is 20.5. The first kappa shape index (κ1) is 10.1. The van der Waals surface area contributed by atoms with E-state index in [0.717, 1.165) is 0 Å². The van der Waals surface area contributed by atoms with Gasteiger partial charge in [0.05, 0.1) is 4.92 Å². The third kappa shape index (κ3) is 2.04. The fourth-order valence-corrected chi connectivity index (χ4v) is 1.15. The van der Waals surface area contributed by atoms with Gasteiger partial charge >= 0.3 is 0 Å². The summed E-state index contributed by atoms with van der Waals surface area (Å²) in [5.74, 6) is 0. The van der Waals surface area contributed by atoms with Crippen LogP contribution >= 0.6 is 0 Å². The quantitative estimate of drug-likeness (QED) is 0.317. The largest absolute Gasteiger partial charge is 0.298 e. The van der Waals surface area contributed by atoms with Gasteiger partial charge in [0, 0.05) is 17.2 Å². The first-order valence-electron chi connectivity index (χ1n) is 4.02. The number of nitrogens with zero attached hydrogens (tertiary/aromatic N) is 1. The van der Waals surface area contributed by atoms with E-state index < -0.39 is 4.92 Å². The Balaban J connectivity index is 3.22. The fourth-order valence-electron chi connectivity index (χ4n) is 1.15. The molecule has 0 saturated carbocycles. The van der Waals surface area contributed by atoms with Gasteiger partial charge in [0.15, 0.2) is 0 Å². The van der Waals surface area contributed by atoms with E-state index in [2.05, 4.69) is 6.58 Å². The highest BCUT2D eigenvalue weighted by molar-refractivity contribution is 5.76. The van der Waals surface area contributed by atoms with Gasteiger partial charge in [0.25, 0.3) is 5.69 Å². The number of allylic oxidation sites excluding steroid dienone is 1. The molecule has 72 valence electrons. The summed E-state index contributed by atoms with van der Waals surface area (Å²) in [6.45, 7) is 3.51. The highest BCUT2D eigenvalue weighted by Crippen LogP contribution is 2.20. The second-order valence-electron chi connectivity index (χ2n) is 2.76. The Kier molecular flexibility index (Phi) is 3.12. The lowest BCUT2D eigenvalue weighted by Gasteiger charge is -1.99. The third-order valence-electron chi connectivity index (χ3n) is 1.81. The maximum atomic E-state index is 10.6. The van der Waals surface area contributed by atoms with Crippen LogP contribution in [-0.4, -0.2) is 11.2 Å². The number of benzene rings is 1. The zero-order valence-electron chi connectivity index (χ0n) is 7.47. The zero-order valence-corrected chi connectivity index (χ0v) is 7.47. The minimum atomic E-state index is -0.494. The van der Waals surface area contributed by atoms with Crippen molar-refractivity contribution in [2.75, 3.05) is 0 Å². The summed E-state index contributed by atoms with van der Waals surface area (Å²) < 4.78 is 0. The molecule has 1 rings (SSSR count). The summed E-state index contributed by atoms with van der Waals surface area (Å²) in [6.07, 6.45) is 2.60. The average Bonchev–Trinajstić information content (AvgIpc) is 2.18. The molecule has 0 saturated heterocycles. The van der Waals surface area contributed by atoms with E-state index in [1.165, 1.54) is 6.07 Å². The van der Waals surface area contributed by atoms with Crippen LogP contribution < -0.4 is 0 Å². The molecule has 1 aromatic rings. The number of carbonyl (C=O) groups is 1. The Hall–Kier alpha value is -1.97. The average molecular weight is 191 g/mol. The van der Waals surface area contributed by atoms with Crippen LogP contribution in [0.4, 0.5) is 5.69 Å². The van der Waals surface area contributed by atoms with E-state index in [4.69, 9.17) is 0 Å². The van der Waals surface area contributed by atoms with Gasteiger partial charge in [-0.05, 0) is 6.42 Å². The predicted molar refractivity (Wildman–Crippen MR) is 52.4 cm³/mol. The normalized spacial score (nSPS) is 9.43. The van der Waals surface area contributed by atoms with E-state index in [0.29, 0.717) is 23.8 Å². The van der Waals surface area contributed by atoms with Crippen LogP contribution in [0.2, 0.25) is 0 Å². The highest BCUT2D eigenvalue weighted by atomic mass is 16.6. The molecule has 0 N–H and O–H groups in total. The molecule has 0 bridgehead atoms. The minimum Gasteiger partial charge on any atom is -0.298 e.